The van der Waals surface area contributed by atoms with Crippen LogP contribution < -0.4 is 0 Å². The molecule has 11 N–H and O–H groups in total. The van der Waals surface area contributed by atoms with Gasteiger partial charge in [0.05, 0.1) is 19.8 Å². The van der Waals surface area contributed by atoms with Gasteiger partial charge < -0.3 is 79.9 Å². The van der Waals surface area contributed by atoms with Crippen LogP contribution in [-0.4, -0.2) is 168 Å². The summed E-state index contributed by atoms with van der Waals surface area (Å²) < 4.78 is 26.1. The number of aliphatic hydroxyl groups is 11. The highest BCUT2D eigenvalue weighted by molar-refractivity contribution is 4.92. The van der Waals surface area contributed by atoms with Crippen molar-refractivity contribution in [2.75, 3.05) is 19.8 Å². The fourth-order valence-corrected chi connectivity index (χ4v) is 3.76. The van der Waals surface area contributed by atoms with Gasteiger partial charge in [0.2, 0.25) is 0 Å². The van der Waals surface area contributed by atoms with Crippen molar-refractivity contribution in [2.45, 2.75) is 92.1 Å². The van der Waals surface area contributed by atoms with Crippen molar-refractivity contribution in [3.63, 3.8) is 0 Å². The Bertz CT molecular complexity index is 589. The van der Waals surface area contributed by atoms with Gasteiger partial charge in [0.15, 0.2) is 18.9 Å². The zero-order valence-corrected chi connectivity index (χ0v) is 17.7. The minimum Gasteiger partial charge on any atom is -0.388 e. The summed E-state index contributed by atoms with van der Waals surface area (Å²) >= 11 is 0. The maximum absolute atomic E-state index is 10.4. The van der Waals surface area contributed by atoms with Gasteiger partial charge in [-0.2, -0.15) is 0 Å². The van der Waals surface area contributed by atoms with Gasteiger partial charge in [-0.1, -0.05) is 0 Å². The lowest BCUT2D eigenvalue weighted by atomic mass is 10.0. The summed E-state index contributed by atoms with van der Waals surface area (Å²) in [7, 11) is 0. The Balaban J connectivity index is 1.68. The summed E-state index contributed by atoms with van der Waals surface area (Å²) in [6.07, 6.45) is -26.5. The van der Waals surface area contributed by atoms with E-state index in [-0.39, 0.29) is 0 Å². The van der Waals surface area contributed by atoms with Crippen LogP contribution in [0.2, 0.25) is 0 Å². The maximum Gasteiger partial charge on any atom is 0.186 e. The molecule has 200 valence electrons. The van der Waals surface area contributed by atoms with Crippen LogP contribution in [0.5, 0.6) is 0 Å². The fraction of sp³-hybridized carbons (Fsp3) is 1.00. The number of hydrogen-bond donors (Lipinski definition) is 11. The molecule has 3 saturated heterocycles. The third kappa shape index (κ3) is 5.84. The van der Waals surface area contributed by atoms with Crippen LogP contribution >= 0.6 is 0 Å². The molecule has 34 heavy (non-hydrogen) atoms. The molecule has 0 amide bonds. The van der Waals surface area contributed by atoms with Crippen molar-refractivity contribution in [2.24, 2.45) is 0 Å². The molecular weight excluding hydrogens is 472 g/mol. The Morgan fingerprint density at radius 1 is 0.412 bits per heavy atom. The second kappa shape index (κ2) is 11.6. The Morgan fingerprint density at radius 2 is 0.824 bits per heavy atom. The van der Waals surface area contributed by atoms with E-state index in [0.29, 0.717) is 0 Å². The molecule has 3 aliphatic rings. The Morgan fingerprint density at radius 3 is 1.35 bits per heavy atom. The van der Waals surface area contributed by atoms with Gasteiger partial charge in [-0.3, -0.25) is 0 Å². The minimum absolute atomic E-state index is 0.542. The first-order valence-electron chi connectivity index (χ1n) is 10.6. The molecule has 0 aromatic carbocycles. The van der Waals surface area contributed by atoms with Crippen molar-refractivity contribution in [3.05, 3.63) is 0 Å². The molecule has 0 aromatic heterocycles. The number of hydrogen-bond acceptors (Lipinski definition) is 16. The van der Waals surface area contributed by atoms with Crippen LogP contribution in [0.15, 0.2) is 0 Å². The van der Waals surface area contributed by atoms with E-state index in [4.69, 9.17) is 23.7 Å². The number of ether oxygens (including phenoxy) is 5. The molecule has 3 fully saturated rings. The predicted molar refractivity (Wildman–Crippen MR) is 101 cm³/mol. The molecule has 0 aromatic rings. The number of aliphatic hydroxyl groups excluding tert-OH is 11. The van der Waals surface area contributed by atoms with Gasteiger partial charge in [-0.15, -0.1) is 0 Å². The van der Waals surface area contributed by atoms with Crippen molar-refractivity contribution >= 4 is 0 Å². The second-order valence-corrected chi connectivity index (χ2v) is 8.46. The lowest BCUT2D eigenvalue weighted by molar-refractivity contribution is -0.264. The second-order valence-electron chi connectivity index (χ2n) is 8.46. The van der Waals surface area contributed by atoms with Crippen molar-refractivity contribution in [1.29, 1.82) is 0 Å². The van der Waals surface area contributed by atoms with Crippen LogP contribution in [0, 0.1) is 0 Å². The van der Waals surface area contributed by atoms with E-state index in [2.05, 4.69) is 0 Å². The monoisotopic (exact) mass is 504 g/mol. The lowest BCUT2D eigenvalue weighted by Crippen LogP contribution is -2.52. The van der Waals surface area contributed by atoms with Crippen LogP contribution in [0.25, 0.3) is 0 Å². The minimum atomic E-state index is -1.97. The molecule has 0 aliphatic carbocycles. The summed E-state index contributed by atoms with van der Waals surface area (Å²) in [6.45, 7) is -1.68. The van der Waals surface area contributed by atoms with Gasteiger partial charge in [-0.25, -0.2) is 0 Å². The molecule has 0 unspecified atom stereocenters. The molecule has 0 bridgehead atoms. The Hall–Kier alpha value is -0.640. The first-order valence-corrected chi connectivity index (χ1v) is 10.6. The molecule has 0 saturated carbocycles. The fourth-order valence-electron chi connectivity index (χ4n) is 3.76. The van der Waals surface area contributed by atoms with Gasteiger partial charge in [0.25, 0.3) is 0 Å². The highest BCUT2D eigenvalue weighted by Crippen LogP contribution is 2.26. The third-order valence-corrected chi connectivity index (χ3v) is 6.01. The van der Waals surface area contributed by atoms with Gasteiger partial charge in [0, 0.05) is 0 Å². The van der Waals surface area contributed by atoms with E-state index in [9.17, 15) is 56.2 Å². The molecule has 3 heterocycles. The maximum atomic E-state index is 10.4. The highest BCUT2D eigenvalue weighted by atomic mass is 16.7. The topological polar surface area (TPSA) is 269 Å². The third-order valence-electron chi connectivity index (χ3n) is 6.01. The van der Waals surface area contributed by atoms with Crippen molar-refractivity contribution < 1.29 is 79.9 Å². The first kappa shape index (κ1) is 27.9. The average Bonchev–Trinajstić information content (AvgIpc) is 3.02. The van der Waals surface area contributed by atoms with Crippen molar-refractivity contribution in [3.8, 4) is 0 Å². The van der Waals surface area contributed by atoms with E-state index >= 15 is 0 Å². The molecule has 16 heteroatoms. The first-order chi connectivity index (χ1) is 15.9. The zero-order valence-electron chi connectivity index (χ0n) is 17.7. The van der Waals surface area contributed by atoms with Crippen LogP contribution in [0.1, 0.15) is 0 Å². The molecule has 0 radical (unpaired) electrons. The average molecular weight is 504 g/mol. The van der Waals surface area contributed by atoms with E-state index in [1.165, 1.54) is 0 Å². The normalized spacial score (nSPS) is 53.6. The summed E-state index contributed by atoms with van der Waals surface area (Å²) in [5, 5.41) is 110. The standard InChI is InChI=1S/C18H32O16/c19-4-1-31-17(14(27)10(23)7(4)20)34-6-3-32-18(15(28)12(25)9(6)22)33-5-2-30-16(29)13(26)11(24)8(5)21/h4-29H,1-3H2/t4-,5-,6-,7-,8-,9-,10+,11+,12+,13+,14+,15+,16+,17-,18-/m1/s1. The largest absolute Gasteiger partial charge is 0.388 e. The summed E-state index contributed by atoms with van der Waals surface area (Å²) in [5.41, 5.74) is 0. The van der Waals surface area contributed by atoms with E-state index in [0.717, 1.165) is 0 Å². The van der Waals surface area contributed by atoms with Crippen LogP contribution in [0.3, 0.4) is 0 Å². The van der Waals surface area contributed by atoms with Crippen molar-refractivity contribution in [1.82, 2.24) is 0 Å². The zero-order chi connectivity index (χ0) is 25.3. The molecule has 3 rings (SSSR count). The summed E-state index contributed by atoms with van der Waals surface area (Å²) in [4.78, 5) is 0. The van der Waals surface area contributed by atoms with Gasteiger partial charge in [-0.05, 0) is 0 Å². The molecule has 16 nitrogen and oxygen atoms in total. The molecule has 15 atom stereocenters. The summed E-state index contributed by atoms with van der Waals surface area (Å²) in [6, 6.07) is 0. The van der Waals surface area contributed by atoms with Gasteiger partial charge >= 0.3 is 0 Å². The quantitative estimate of drug-likeness (QED) is 0.170. The SMILES string of the molecule is O[C@@H]1[C@H](O)[C@@H](O[C@@H]2CO[C@H](O[C@@H]3CO[C@H](O)[C@@H](O)[C@@H](O)[C@@H]3O)[C@@H](O)[C@@H](O)[C@@H]2O)OC[C@@H](O)[C@H]1O. The lowest BCUT2D eigenvalue weighted by Gasteiger charge is -2.31. The Kier molecular flexibility index (Phi) is 9.54. The number of rotatable bonds is 4. The van der Waals surface area contributed by atoms with E-state index in [1.54, 1.807) is 0 Å². The smallest absolute Gasteiger partial charge is 0.186 e. The van der Waals surface area contributed by atoms with Crippen LogP contribution in [-0.2, 0) is 23.7 Å². The summed E-state index contributed by atoms with van der Waals surface area (Å²) in [5.74, 6) is 0. The van der Waals surface area contributed by atoms with E-state index < -0.39 is 112 Å². The molecular formula is C18H32O16. The molecule has 3 aliphatic heterocycles. The van der Waals surface area contributed by atoms with Gasteiger partial charge in [0.1, 0.15) is 73.2 Å². The Labute approximate surface area is 192 Å². The predicted octanol–water partition coefficient (Wildman–Crippen LogP) is -7.57. The highest BCUT2D eigenvalue weighted by Gasteiger charge is 2.48. The van der Waals surface area contributed by atoms with Crippen LogP contribution in [0.4, 0.5) is 0 Å². The van der Waals surface area contributed by atoms with E-state index in [1.807, 2.05) is 0 Å². The molecule has 0 spiro atoms.